The summed E-state index contributed by atoms with van der Waals surface area (Å²) in [5.74, 6) is 0. The summed E-state index contributed by atoms with van der Waals surface area (Å²) in [5, 5.41) is 5.72. The number of nitrogens with zero attached hydrogens (tertiary/aromatic N) is 1. The zero-order valence-corrected chi connectivity index (χ0v) is 14.0. The molecule has 0 aliphatic carbocycles. The lowest BCUT2D eigenvalue weighted by atomic mass is 10.1. The van der Waals surface area contributed by atoms with Crippen molar-refractivity contribution in [2.45, 2.75) is 65.6 Å². The molecule has 2 nitrogen and oxygen atoms in total. The summed E-state index contributed by atoms with van der Waals surface area (Å²) >= 11 is 1.86. The predicted molar refractivity (Wildman–Crippen MR) is 86.9 cm³/mol. The molecule has 19 heavy (non-hydrogen) atoms. The Kier molecular flexibility index (Phi) is 7.05. The van der Waals surface area contributed by atoms with Crippen molar-refractivity contribution >= 4 is 11.3 Å². The van der Waals surface area contributed by atoms with E-state index in [4.69, 9.17) is 0 Å². The van der Waals surface area contributed by atoms with Crippen LogP contribution in [0, 0.1) is 0 Å². The fourth-order valence-electron chi connectivity index (χ4n) is 2.03. The monoisotopic (exact) mass is 282 g/mol. The Hall–Kier alpha value is -0.380. The Morgan fingerprint density at radius 1 is 1.26 bits per heavy atom. The third kappa shape index (κ3) is 7.71. The number of hydrogen-bond acceptors (Lipinski definition) is 3. The molecule has 0 saturated heterocycles. The van der Waals surface area contributed by atoms with E-state index in [1.54, 1.807) is 0 Å². The zero-order valence-electron chi connectivity index (χ0n) is 13.2. The SMILES string of the molecule is CC(C)N(CCCCNC(C)(C)C)Cc1cccs1. The molecule has 1 heterocycles. The Morgan fingerprint density at radius 3 is 2.53 bits per heavy atom. The first-order valence-corrected chi connectivity index (χ1v) is 8.28. The number of thiophene rings is 1. The number of nitrogens with one attached hydrogen (secondary N) is 1. The highest BCUT2D eigenvalue weighted by Crippen LogP contribution is 2.14. The van der Waals surface area contributed by atoms with E-state index in [0.717, 1.165) is 13.1 Å². The third-order valence-corrected chi connectivity index (χ3v) is 4.06. The topological polar surface area (TPSA) is 15.3 Å². The average molecular weight is 282 g/mol. The highest BCUT2D eigenvalue weighted by molar-refractivity contribution is 7.09. The van der Waals surface area contributed by atoms with Gasteiger partial charge in [-0.15, -0.1) is 11.3 Å². The van der Waals surface area contributed by atoms with Gasteiger partial charge in [0.15, 0.2) is 0 Å². The van der Waals surface area contributed by atoms with E-state index in [1.807, 2.05) is 11.3 Å². The van der Waals surface area contributed by atoms with Crippen LogP contribution in [-0.4, -0.2) is 29.6 Å². The van der Waals surface area contributed by atoms with Crippen LogP contribution in [0.3, 0.4) is 0 Å². The van der Waals surface area contributed by atoms with Gasteiger partial charge in [0.05, 0.1) is 0 Å². The van der Waals surface area contributed by atoms with E-state index < -0.39 is 0 Å². The summed E-state index contributed by atoms with van der Waals surface area (Å²) in [6.07, 6.45) is 2.53. The molecule has 0 fully saturated rings. The van der Waals surface area contributed by atoms with Gasteiger partial charge in [0.2, 0.25) is 0 Å². The highest BCUT2D eigenvalue weighted by atomic mass is 32.1. The van der Waals surface area contributed by atoms with Gasteiger partial charge >= 0.3 is 0 Å². The molecule has 110 valence electrons. The lowest BCUT2D eigenvalue weighted by Crippen LogP contribution is -2.37. The van der Waals surface area contributed by atoms with Gasteiger partial charge in [0.25, 0.3) is 0 Å². The summed E-state index contributed by atoms with van der Waals surface area (Å²) in [5.41, 5.74) is 0.245. The second-order valence-electron chi connectivity index (χ2n) is 6.53. The first-order chi connectivity index (χ1) is 8.88. The molecule has 3 heteroatoms. The van der Waals surface area contributed by atoms with E-state index in [1.165, 1.54) is 24.3 Å². The van der Waals surface area contributed by atoms with Gasteiger partial charge in [-0.1, -0.05) is 6.07 Å². The smallest absolute Gasteiger partial charge is 0.0330 e. The zero-order chi connectivity index (χ0) is 14.3. The van der Waals surface area contributed by atoms with Gasteiger partial charge in [-0.05, 0) is 72.0 Å². The van der Waals surface area contributed by atoms with E-state index in [-0.39, 0.29) is 5.54 Å². The standard InChI is InChI=1S/C16H30N2S/c1-14(2)18(13-15-9-8-12-19-15)11-7-6-10-17-16(3,4)5/h8-9,12,14,17H,6-7,10-11,13H2,1-5H3. The minimum Gasteiger partial charge on any atom is -0.312 e. The summed E-state index contributed by atoms with van der Waals surface area (Å²) in [6, 6.07) is 5.00. The van der Waals surface area contributed by atoms with Crippen molar-refractivity contribution in [3.05, 3.63) is 22.4 Å². The maximum atomic E-state index is 3.55. The van der Waals surface area contributed by atoms with E-state index in [2.05, 4.69) is 62.3 Å². The van der Waals surface area contributed by atoms with Gasteiger partial charge < -0.3 is 5.32 Å². The van der Waals surface area contributed by atoms with Crippen LogP contribution in [0.5, 0.6) is 0 Å². The third-order valence-electron chi connectivity index (χ3n) is 3.20. The molecule has 1 rings (SSSR count). The maximum Gasteiger partial charge on any atom is 0.0330 e. The quantitative estimate of drug-likeness (QED) is 0.721. The molecule has 0 bridgehead atoms. The van der Waals surface area contributed by atoms with Crippen molar-refractivity contribution in [3.8, 4) is 0 Å². The van der Waals surface area contributed by atoms with Crippen LogP contribution in [-0.2, 0) is 6.54 Å². The van der Waals surface area contributed by atoms with E-state index >= 15 is 0 Å². The van der Waals surface area contributed by atoms with Gasteiger partial charge in [-0.25, -0.2) is 0 Å². The summed E-state index contributed by atoms with van der Waals surface area (Å²) < 4.78 is 0. The molecule has 0 saturated carbocycles. The molecular weight excluding hydrogens is 252 g/mol. The van der Waals surface area contributed by atoms with Gasteiger partial charge in [0, 0.05) is 23.0 Å². The molecule has 0 atom stereocenters. The first kappa shape index (κ1) is 16.7. The molecule has 0 aliphatic rings. The Morgan fingerprint density at radius 2 is 2.00 bits per heavy atom. The maximum absolute atomic E-state index is 3.55. The first-order valence-electron chi connectivity index (χ1n) is 7.40. The van der Waals surface area contributed by atoms with Crippen molar-refractivity contribution in [1.82, 2.24) is 10.2 Å². The van der Waals surface area contributed by atoms with Crippen LogP contribution in [0.1, 0.15) is 52.3 Å². The van der Waals surface area contributed by atoms with Crippen molar-refractivity contribution in [2.75, 3.05) is 13.1 Å². The Balaban J connectivity index is 2.23. The van der Waals surface area contributed by atoms with Gasteiger partial charge in [0.1, 0.15) is 0 Å². The molecule has 0 aromatic carbocycles. The number of rotatable bonds is 8. The van der Waals surface area contributed by atoms with E-state index in [9.17, 15) is 0 Å². The average Bonchev–Trinajstić information content (AvgIpc) is 2.78. The molecule has 0 unspecified atom stereocenters. The molecule has 0 aliphatic heterocycles. The normalized spacial score (nSPS) is 12.6. The van der Waals surface area contributed by atoms with Crippen LogP contribution >= 0.6 is 11.3 Å². The molecule has 0 spiro atoms. The second-order valence-corrected chi connectivity index (χ2v) is 7.56. The number of unbranched alkanes of at least 4 members (excludes halogenated alkanes) is 1. The Bertz CT molecular complexity index is 325. The largest absolute Gasteiger partial charge is 0.312 e. The van der Waals surface area contributed by atoms with Crippen LogP contribution in [0.4, 0.5) is 0 Å². The molecule has 1 N–H and O–H groups in total. The highest BCUT2D eigenvalue weighted by Gasteiger charge is 2.11. The van der Waals surface area contributed by atoms with Crippen molar-refractivity contribution in [1.29, 1.82) is 0 Å². The fraction of sp³-hybridized carbons (Fsp3) is 0.750. The van der Waals surface area contributed by atoms with Crippen molar-refractivity contribution in [2.24, 2.45) is 0 Å². The minimum atomic E-state index is 0.245. The van der Waals surface area contributed by atoms with E-state index in [0.29, 0.717) is 6.04 Å². The summed E-state index contributed by atoms with van der Waals surface area (Å²) in [4.78, 5) is 4.05. The van der Waals surface area contributed by atoms with Crippen molar-refractivity contribution < 1.29 is 0 Å². The molecule has 0 radical (unpaired) electrons. The van der Waals surface area contributed by atoms with Gasteiger partial charge in [-0.3, -0.25) is 4.90 Å². The number of hydrogen-bond donors (Lipinski definition) is 1. The molecular formula is C16H30N2S. The van der Waals surface area contributed by atoms with Crippen LogP contribution in [0.2, 0.25) is 0 Å². The summed E-state index contributed by atoms with van der Waals surface area (Å²) in [6.45, 7) is 14.7. The summed E-state index contributed by atoms with van der Waals surface area (Å²) in [7, 11) is 0. The minimum absolute atomic E-state index is 0.245. The van der Waals surface area contributed by atoms with Gasteiger partial charge in [-0.2, -0.15) is 0 Å². The molecule has 1 aromatic heterocycles. The van der Waals surface area contributed by atoms with Crippen LogP contribution < -0.4 is 5.32 Å². The lowest BCUT2D eigenvalue weighted by Gasteiger charge is -2.26. The second kappa shape index (κ2) is 8.03. The van der Waals surface area contributed by atoms with Crippen molar-refractivity contribution in [3.63, 3.8) is 0 Å². The van der Waals surface area contributed by atoms with Crippen LogP contribution in [0.25, 0.3) is 0 Å². The lowest BCUT2D eigenvalue weighted by molar-refractivity contribution is 0.209. The predicted octanol–water partition coefficient (Wildman–Crippen LogP) is 4.13. The fourth-order valence-corrected chi connectivity index (χ4v) is 2.76. The Labute approximate surface area is 123 Å². The molecule has 1 aromatic rings. The van der Waals surface area contributed by atoms with Crippen LogP contribution in [0.15, 0.2) is 17.5 Å². The molecule has 0 amide bonds.